The van der Waals surface area contributed by atoms with E-state index in [-0.39, 0.29) is 17.3 Å². The molecule has 1 aliphatic rings. The largest absolute Gasteiger partial charge is 0.380 e. The van der Waals surface area contributed by atoms with Gasteiger partial charge in [0, 0.05) is 16.8 Å². The molecule has 2 atom stereocenters. The Morgan fingerprint density at radius 1 is 1.27 bits per heavy atom. The molecule has 0 bridgehead atoms. The topological polar surface area (TPSA) is 12.0 Å². The van der Waals surface area contributed by atoms with Crippen molar-refractivity contribution in [2.45, 2.75) is 39.2 Å². The van der Waals surface area contributed by atoms with Crippen molar-refractivity contribution in [2.24, 2.45) is 5.92 Å². The Balaban J connectivity index is 2.55. The van der Waals surface area contributed by atoms with Gasteiger partial charge in [0.15, 0.2) is 0 Å². The van der Waals surface area contributed by atoms with Crippen LogP contribution in [0.2, 0.25) is 0 Å². The van der Waals surface area contributed by atoms with Crippen LogP contribution in [0.5, 0.6) is 0 Å². The van der Waals surface area contributed by atoms with E-state index < -0.39 is 0 Å². The van der Waals surface area contributed by atoms with Crippen LogP contribution in [0.3, 0.4) is 0 Å². The quantitative estimate of drug-likeness (QED) is 0.683. The van der Waals surface area contributed by atoms with Gasteiger partial charge in [0.2, 0.25) is 0 Å². The first-order chi connectivity index (χ1) is 6.93. The number of anilines is 1. The van der Waals surface area contributed by atoms with Crippen LogP contribution in [-0.4, -0.2) is 5.54 Å². The molecule has 2 rings (SSSR count). The Bertz CT molecular complexity index is 384. The maximum Gasteiger partial charge on any atom is 0.128 e. The molecule has 1 aliphatic heterocycles. The third kappa shape index (κ3) is 1.52. The van der Waals surface area contributed by atoms with Crippen LogP contribution < -0.4 is 5.32 Å². The van der Waals surface area contributed by atoms with Gasteiger partial charge in [-0.2, -0.15) is 0 Å². The number of rotatable bonds is 0. The van der Waals surface area contributed by atoms with Crippen molar-refractivity contribution in [1.29, 1.82) is 0 Å². The average molecular weight is 207 g/mol. The molecule has 0 radical (unpaired) electrons. The second-order valence-electron chi connectivity index (χ2n) is 5.13. The van der Waals surface area contributed by atoms with Gasteiger partial charge in [0.25, 0.3) is 0 Å². The highest BCUT2D eigenvalue weighted by Crippen LogP contribution is 2.43. The van der Waals surface area contributed by atoms with Gasteiger partial charge in [0.1, 0.15) is 5.82 Å². The number of fused-ring (bicyclic) bond motifs is 1. The first-order valence-corrected chi connectivity index (χ1v) is 5.50. The third-order valence-corrected chi connectivity index (χ3v) is 3.85. The van der Waals surface area contributed by atoms with Gasteiger partial charge in [-0.05, 0) is 37.8 Å². The van der Waals surface area contributed by atoms with E-state index in [2.05, 4.69) is 33.0 Å². The zero-order valence-electron chi connectivity index (χ0n) is 9.76. The van der Waals surface area contributed by atoms with Crippen LogP contribution in [0.4, 0.5) is 10.1 Å². The number of benzene rings is 1. The van der Waals surface area contributed by atoms with Crippen LogP contribution in [0.15, 0.2) is 18.2 Å². The summed E-state index contributed by atoms with van der Waals surface area (Å²) in [4.78, 5) is 0. The molecule has 0 saturated heterocycles. The van der Waals surface area contributed by atoms with E-state index >= 15 is 0 Å². The van der Waals surface area contributed by atoms with Crippen molar-refractivity contribution in [3.63, 3.8) is 0 Å². The zero-order chi connectivity index (χ0) is 11.2. The fourth-order valence-electron chi connectivity index (χ4n) is 2.44. The number of hydrogen-bond donors (Lipinski definition) is 1. The molecule has 1 heterocycles. The molecule has 0 aliphatic carbocycles. The number of halogens is 1. The maximum atomic E-state index is 13.7. The van der Waals surface area contributed by atoms with Crippen LogP contribution in [0, 0.1) is 11.7 Å². The summed E-state index contributed by atoms with van der Waals surface area (Å²) in [5.41, 5.74) is 1.81. The summed E-state index contributed by atoms with van der Waals surface area (Å²) in [6.07, 6.45) is 0. The van der Waals surface area contributed by atoms with Crippen molar-refractivity contribution in [2.75, 3.05) is 5.32 Å². The lowest BCUT2D eigenvalue weighted by molar-refractivity contribution is 0.310. The van der Waals surface area contributed by atoms with Gasteiger partial charge in [-0.1, -0.05) is 19.9 Å². The van der Waals surface area contributed by atoms with Gasteiger partial charge in [0.05, 0.1) is 0 Å². The molecule has 15 heavy (non-hydrogen) atoms. The minimum atomic E-state index is -0.0881. The van der Waals surface area contributed by atoms with E-state index in [4.69, 9.17) is 0 Å². The normalized spacial score (nSPS) is 28.1. The summed E-state index contributed by atoms with van der Waals surface area (Å²) in [6.45, 7) is 8.62. The molecule has 1 N–H and O–H groups in total. The Kier molecular flexibility index (Phi) is 2.25. The van der Waals surface area contributed by atoms with Crippen LogP contribution in [0.25, 0.3) is 0 Å². The molecular formula is C13H18FN. The fraction of sp³-hybridized carbons (Fsp3) is 0.538. The highest BCUT2D eigenvalue weighted by Gasteiger charge is 2.37. The summed E-state index contributed by atoms with van der Waals surface area (Å²) in [5, 5.41) is 3.42. The van der Waals surface area contributed by atoms with E-state index in [1.165, 1.54) is 0 Å². The Hall–Kier alpha value is -1.05. The summed E-state index contributed by atoms with van der Waals surface area (Å²) >= 11 is 0. The van der Waals surface area contributed by atoms with Gasteiger partial charge in [-0.3, -0.25) is 0 Å². The highest BCUT2D eigenvalue weighted by molar-refractivity contribution is 5.57. The molecule has 1 aromatic rings. The molecule has 0 spiro atoms. The van der Waals surface area contributed by atoms with Gasteiger partial charge >= 0.3 is 0 Å². The van der Waals surface area contributed by atoms with E-state index in [1.54, 1.807) is 12.1 Å². The van der Waals surface area contributed by atoms with E-state index in [9.17, 15) is 4.39 Å². The molecule has 2 unspecified atom stereocenters. The number of nitrogens with one attached hydrogen (secondary N) is 1. The lowest BCUT2D eigenvalue weighted by atomic mass is 9.73. The van der Waals surface area contributed by atoms with E-state index in [0.717, 1.165) is 11.3 Å². The Morgan fingerprint density at radius 3 is 2.60 bits per heavy atom. The van der Waals surface area contributed by atoms with Crippen molar-refractivity contribution >= 4 is 5.69 Å². The van der Waals surface area contributed by atoms with Gasteiger partial charge in [-0.25, -0.2) is 4.39 Å². The van der Waals surface area contributed by atoms with Crippen LogP contribution >= 0.6 is 0 Å². The predicted octanol–water partition coefficient (Wildman–Crippen LogP) is 3.77. The fourth-order valence-corrected chi connectivity index (χ4v) is 2.44. The minimum Gasteiger partial charge on any atom is -0.380 e. The monoisotopic (exact) mass is 207 g/mol. The highest BCUT2D eigenvalue weighted by atomic mass is 19.1. The molecule has 2 heteroatoms. The van der Waals surface area contributed by atoms with Gasteiger partial charge in [-0.15, -0.1) is 0 Å². The molecule has 0 aromatic heterocycles. The first-order valence-electron chi connectivity index (χ1n) is 5.50. The van der Waals surface area contributed by atoms with Crippen molar-refractivity contribution in [3.05, 3.63) is 29.6 Å². The van der Waals surface area contributed by atoms with Crippen LogP contribution in [0.1, 0.15) is 39.2 Å². The summed E-state index contributed by atoms with van der Waals surface area (Å²) < 4.78 is 13.7. The Morgan fingerprint density at radius 2 is 1.93 bits per heavy atom. The maximum absolute atomic E-state index is 13.7. The molecule has 0 fully saturated rings. The zero-order valence-corrected chi connectivity index (χ0v) is 9.76. The molecule has 1 nitrogen and oxygen atoms in total. The molecular weight excluding hydrogens is 189 g/mol. The molecule has 0 amide bonds. The van der Waals surface area contributed by atoms with Gasteiger partial charge < -0.3 is 5.32 Å². The summed E-state index contributed by atoms with van der Waals surface area (Å²) in [6, 6.07) is 5.27. The smallest absolute Gasteiger partial charge is 0.128 e. The van der Waals surface area contributed by atoms with Crippen molar-refractivity contribution < 1.29 is 4.39 Å². The Labute approximate surface area is 90.7 Å². The SMILES string of the molecule is CC1c2c(F)cccc2NC(C)(C)C1C. The second kappa shape index (κ2) is 3.22. The lowest BCUT2D eigenvalue weighted by Crippen LogP contribution is -2.44. The molecule has 0 saturated carbocycles. The minimum absolute atomic E-state index is 0.0280. The molecule has 82 valence electrons. The van der Waals surface area contributed by atoms with E-state index in [0.29, 0.717) is 5.92 Å². The predicted molar refractivity (Wildman–Crippen MR) is 61.7 cm³/mol. The summed E-state index contributed by atoms with van der Waals surface area (Å²) in [7, 11) is 0. The first kappa shape index (κ1) is 10.5. The second-order valence-corrected chi connectivity index (χ2v) is 5.13. The standard InChI is InChI=1S/C13H18FN/c1-8-9(2)13(3,4)15-11-7-5-6-10(14)12(8)11/h5-9,15H,1-4H3. The average Bonchev–Trinajstić information content (AvgIpc) is 2.13. The number of hydrogen-bond acceptors (Lipinski definition) is 1. The van der Waals surface area contributed by atoms with Crippen LogP contribution in [-0.2, 0) is 0 Å². The van der Waals surface area contributed by atoms with Crippen molar-refractivity contribution in [3.8, 4) is 0 Å². The molecule has 1 aromatic carbocycles. The third-order valence-electron chi connectivity index (χ3n) is 3.85. The summed E-state index contributed by atoms with van der Waals surface area (Å²) in [5.74, 6) is 0.592. The van der Waals surface area contributed by atoms with Crippen molar-refractivity contribution in [1.82, 2.24) is 0 Å². The lowest BCUT2D eigenvalue weighted by Gasteiger charge is -2.43. The van der Waals surface area contributed by atoms with E-state index in [1.807, 2.05) is 6.07 Å².